The summed E-state index contributed by atoms with van der Waals surface area (Å²) in [6, 6.07) is -0.906. The average molecular weight is 945 g/mol. The highest BCUT2D eigenvalue weighted by atomic mass is 31.2. The lowest BCUT2D eigenvalue weighted by Crippen LogP contribution is -2.45. The van der Waals surface area contributed by atoms with E-state index < -0.39 is 26.6 Å². The van der Waals surface area contributed by atoms with Crippen LogP contribution in [0.25, 0.3) is 0 Å². The lowest BCUT2D eigenvalue weighted by Gasteiger charge is -2.29. The Kier molecular flexibility index (Phi) is 46.5. The molecule has 0 radical (unpaired) electrons. The molecular formula is C57H105N2O6P. The maximum absolute atomic E-state index is 12.9. The number of phosphoric ester groups is 1. The summed E-state index contributed by atoms with van der Waals surface area (Å²) in [7, 11) is 1.24. The molecule has 1 amide bonds. The molecule has 9 heteroatoms. The van der Waals surface area contributed by atoms with E-state index in [0.29, 0.717) is 17.4 Å². The largest absolute Gasteiger partial charge is 0.756 e. The third-order valence-corrected chi connectivity index (χ3v) is 12.9. The van der Waals surface area contributed by atoms with Gasteiger partial charge in [0.2, 0.25) is 5.91 Å². The molecule has 0 aromatic rings. The molecule has 0 heterocycles. The van der Waals surface area contributed by atoms with E-state index in [1.807, 2.05) is 27.2 Å². The zero-order valence-electron chi connectivity index (χ0n) is 43.6. The molecule has 3 unspecified atom stereocenters. The predicted molar refractivity (Wildman–Crippen MR) is 284 cm³/mol. The van der Waals surface area contributed by atoms with E-state index in [1.54, 1.807) is 6.08 Å². The van der Waals surface area contributed by atoms with Gasteiger partial charge in [-0.15, -0.1) is 0 Å². The normalized spacial score (nSPS) is 14.6. The molecule has 0 aromatic carbocycles. The lowest BCUT2D eigenvalue weighted by atomic mass is 10.0. The first-order valence-corrected chi connectivity index (χ1v) is 28.8. The summed E-state index contributed by atoms with van der Waals surface area (Å²) >= 11 is 0. The Labute approximate surface area is 408 Å². The van der Waals surface area contributed by atoms with Crippen molar-refractivity contribution < 1.29 is 32.9 Å². The molecule has 384 valence electrons. The number of hydrogen-bond acceptors (Lipinski definition) is 6. The van der Waals surface area contributed by atoms with Gasteiger partial charge in [-0.1, -0.05) is 228 Å². The number of aliphatic hydroxyl groups excluding tert-OH is 1. The highest BCUT2D eigenvalue weighted by Crippen LogP contribution is 2.38. The highest BCUT2D eigenvalue weighted by Gasteiger charge is 2.23. The Hall–Kier alpha value is -2.06. The summed E-state index contributed by atoms with van der Waals surface area (Å²) in [4.78, 5) is 25.5. The second kappa shape index (κ2) is 48.0. The summed E-state index contributed by atoms with van der Waals surface area (Å²) in [5.41, 5.74) is 0. The minimum absolute atomic E-state index is 0.00843. The van der Waals surface area contributed by atoms with Gasteiger partial charge in [-0.25, -0.2) is 0 Å². The smallest absolute Gasteiger partial charge is 0.268 e. The van der Waals surface area contributed by atoms with E-state index in [0.717, 1.165) is 64.2 Å². The van der Waals surface area contributed by atoms with Crippen molar-refractivity contribution in [3.8, 4) is 0 Å². The number of nitrogens with zero attached hydrogens (tertiary/aromatic N) is 1. The number of rotatable bonds is 49. The van der Waals surface area contributed by atoms with Gasteiger partial charge in [-0.05, 0) is 70.6 Å². The molecule has 0 rings (SSSR count). The van der Waals surface area contributed by atoms with Crippen LogP contribution in [0.2, 0.25) is 0 Å². The molecule has 0 saturated heterocycles. The van der Waals surface area contributed by atoms with E-state index in [2.05, 4.69) is 79.9 Å². The topological polar surface area (TPSA) is 108 Å². The van der Waals surface area contributed by atoms with Crippen LogP contribution < -0.4 is 10.2 Å². The molecule has 0 spiro atoms. The van der Waals surface area contributed by atoms with Crippen LogP contribution in [0.1, 0.15) is 232 Å². The van der Waals surface area contributed by atoms with Gasteiger partial charge in [0.25, 0.3) is 7.82 Å². The number of carbonyl (C=O) groups is 1. The van der Waals surface area contributed by atoms with Crippen molar-refractivity contribution >= 4 is 13.7 Å². The Morgan fingerprint density at radius 1 is 0.545 bits per heavy atom. The van der Waals surface area contributed by atoms with Crippen LogP contribution in [0.4, 0.5) is 0 Å². The van der Waals surface area contributed by atoms with E-state index >= 15 is 0 Å². The van der Waals surface area contributed by atoms with Gasteiger partial charge >= 0.3 is 0 Å². The summed E-state index contributed by atoms with van der Waals surface area (Å²) < 4.78 is 23.3. The van der Waals surface area contributed by atoms with Crippen LogP contribution >= 0.6 is 7.82 Å². The van der Waals surface area contributed by atoms with Crippen molar-refractivity contribution in [1.82, 2.24) is 5.32 Å². The number of carbonyl (C=O) groups excluding carboxylic acids is 1. The Morgan fingerprint density at radius 3 is 1.41 bits per heavy atom. The van der Waals surface area contributed by atoms with Crippen molar-refractivity contribution in [2.24, 2.45) is 0 Å². The predicted octanol–water partition coefficient (Wildman–Crippen LogP) is 15.7. The van der Waals surface area contributed by atoms with Gasteiger partial charge < -0.3 is 28.8 Å². The Balaban J connectivity index is 4.24. The first-order chi connectivity index (χ1) is 32.0. The summed E-state index contributed by atoms with van der Waals surface area (Å²) in [5.74, 6) is -0.209. The molecule has 2 N–H and O–H groups in total. The maximum atomic E-state index is 12.9. The summed E-state index contributed by atoms with van der Waals surface area (Å²) in [6.45, 7) is 4.52. The summed E-state index contributed by atoms with van der Waals surface area (Å²) in [5, 5.41) is 13.8. The molecule has 0 aliphatic carbocycles. The van der Waals surface area contributed by atoms with Gasteiger partial charge in [0.1, 0.15) is 13.2 Å². The molecule has 0 saturated carbocycles. The molecule has 0 aliphatic rings. The van der Waals surface area contributed by atoms with E-state index in [-0.39, 0.29) is 12.5 Å². The van der Waals surface area contributed by atoms with E-state index in [4.69, 9.17) is 9.05 Å². The number of hydrogen-bond donors (Lipinski definition) is 2. The standard InChI is InChI=1S/C57H105N2O6P/c1-6-8-10-12-14-16-18-20-22-24-25-26-27-28-29-30-31-32-33-35-37-39-41-43-45-47-49-51-57(61)58-55(54-65-66(62,63)64-53-52-59(3,4)5)56(60)50-48-46-44-42-40-38-36-34-23-21-19-17-15-13-11-9-7-2/h8,10,14,16,20,22,25-26,40,42,48,50,55-56,60H,6-7,9,11-13,15,17-19,21,23-24,27-39,41,43-47,49,51-54H2,1-5H3,(H-,58,61,62,63)/b10-8-,16-14-,22-20-,26-25-,42-40+,50-48+. The number of amides is 1. The number of allylic oxidation sites excluding steroid dienone is 11. The zero-order chi connectivity index (χ0) is 48.5. The Morgan fingerprint density at radius 2 is 0.939 bits per heavy atom. The number of aliphatic hydroxyl groups is 1. The molecule has 8 nitrogen and oxygen atoms in total. The number of likely N-dealkylation sites (N-methyl/N-ethyl adjacent to an activating group) is 1. The van der Waals surface area contributed by atoms with Crippen LogP contribution in [-0.4, -0.2) is 68.5 Å². The van der Waals surface area contributed by atoms with Crippen molar-refractivity contribution in [3.05, 3.63) is 72.9 Å². The fourth-order valence-corrected chi connectivity index (χ4v) is 8.35. The van der Waals surface area contributed by atoms with Gasteiger partial charge in [0.05, 0.1) is 39.9 Å². The first kappa shape index (κ1) is 63.9. The highest BCUT2D eigenvalue weighted by molar-refractivity contribution is 7.45. The maximum Gasteiger partial charge on any atom is 0.268 e. The number of nitrogens with one attached hydrogen (secondary N) is 1. The van der Waals surface area contributed by atoms with Gasteiger partial charge in [0.15, 0.2) is 0 Å². The second-order valence-electron chi connectivity index (χ2n) is 19.5. The monoisotopic (exact) mass is 945 g/mol. The van der Waals surface area contributed by atoms with E-state index in [9.17, 15) is 19.4 Å². The number of phosphoric acid groups is 1. The third-order valence-electron chi connectivity index (χ3n) is 11.9. The van der Waals surface area contributed by atoms with Gasteiger partial charge in [-0.3, -0.25) is 9.36 Å². The molecule has 3 atom stereocenters. The zero-order valence-corrected chi connectivity index (χ0v) is 44.5. The van der Waals surface area contributed by atoms with Gasteiger partial charge in [-0.2, -0.15) is 0 Å². The quantitative estimate of drug-likeness (QED) is 0.0272. The van der Waals surface area contributed by atoms with Crippen LogP contribution in [0.15, 0.2) is 72.9 Å². The minimum Gasteiger partial charge on any atom is -0.756 e. The van der Waals surface area contributed by atoms with Crippen molar-refractivity contribution in [3.63, 3.8) is 0 Å². The molecule has 0 fully saturated rings. The molecule has 0 bridgehead atoms. The average Bonchev–Trinajstić information content (AvgIpc) is 3.28. The summed E-state index contributed by atoms with van der Waals surface area (Å²) in [6.07, 6.45) is 65.4. The molecule has 0 aliphatic heterocycles. The Bertz CT molecular complexity index is 1300. The number of unbranched alkanes of at least 4 members (excludes halogenated alkanes) is 26. The van der Waals surface area contributed by atoms with E-state index in [1.165, 1.54) is 148 Å². The fraction of sp³-hybridized carbons (Fsp3) is 0.772. The van der Waals surface area contributed by atoms with Crippen molar-refractivity contribution in [2.75, 3.05) is 40.9 Å². The van der Waals surface area contributed by atoms with Crippen LogP contribution in [0.5, 0.6) is 0 Å². The van der Waals surface area contributed by atoms with Crippen LogP contribution in [0.3, 0.4) is 0 Å². The molecule has 0 aromatic heterocycles. The molecular weight excluding hydrogens is 840 g/mol. The SMILES string of the molecule is CC/C=C\C/C=C\C/C=C\C/C=C\CCCCCCCCCCCCCCCCC(=O)NC(COP(=O)([O-])OCC[N+](C)(C)C)C(O)/C=C/CC/C=C/CCCCCCCCCCCCC. The number of quaternary nitrogens is 1. The first-order valence-electron chi connectivity index (χ1n) is 27.3. The fourth-order valence-electron chi connectivity index (χ4n) is 7.63. The minimum atomic E-state index is -4.60. The third kappa shape index (κ3) is 49.8. The molecule has 66 heavy (non-hydrogen) atoms. The second-order valence-corrected chi connectivity index (χ2v) is 21.0. The van der Waals surface area contributed by atoms with Crippen LogP contribution in [0, 0.1) is 0 Å². The van der Waals surface area contributed by atoms with Crippen molar-refractivity contribution in [2.45, 2.75) is 244 Å². The van der Waals surface area contributed by atoms with Crippen LogP contribution in [-0.2, 0) is 18.4 Å². The lowest BCUT2D eigenvalue weighted by molar-refractivity contribution is -0.870. The van der Waals surface area contributed by atoms with Gasteiger partial charge in [0, 0.05) is 6.42 Å². The van der Waals surface area contributed by atoms with Crippen molar-refractivity contribution in [1.29, 1.82) is 0 Å².